The van der Waals surface area contributed by atoms with Crippen LogP contribution in [0, 0.1) is 5.82 Å². The van der Waals surface area contributed by atoms with Gasteiger partial charge in [-0.2, -0.15) is 0 Å². The molecule has 0 unspecified atom stereocenters. The van der Waals surface area contributed by atoms with Crippen molar-refractivity contribution in [2.24, 2.45) is 0 Å². The van der Waals surface area contributed by atoms with E-state index in [-0.39, 0.29) is 16.0 Å². The minimum Gasteiger partial charge on any atom is -0.312 e. The van der Waals surface area contributed by atoms with Crippen LogP contribution in [0.15, 0.2) is 18.2 Å². The molecule has 0 saturated heterocycles. The molecule has 1 aromatic carbocycles. The highest BCUT2D eigenvalue weighted by molar-refractivity contribution is 7.92. The summed E-state index contributed by atoms with van der Waals surface area (Å²) in [6.07, 6.45) is 0. The minimum atomic E-state index is -3.02. The van der Waals surface area contributed by atoms with Gasteiger partial charge >= 0.3 is 0 Å². The number of sulfone groups is 1. The third-order valence-electron chi connectivity index (χ3n) is 2.59. The monoisotopic (exact) mass is 293 g/mol. The second-order valence-corrected chi connectivity index (χ2v) is 7.42. The van der Waals surface area contributed by atoms with Crippen molar-refractivity contribution in [1.82, 2.24) is 5.32 Å². The number of rotatable bonds is 6. The van der Waals surface area contributed by atoms with Crippen molar-refractivity contribution in [3.05, 3.63) is 34.6 Å². The summed E-state index contributed by atoms with van der Waals surface area (Å²) in [5.41, 5.74) is 0.823. The van der Waals surface area contributed by atoms with Gasteiger partial charge in [-0.15, -0.1) is 0 Å². The molecule has 6 heteroatoms. The first-order chi connectivity index (χ1) is 8.33. The largest absolute Gasteiger partial charge is 0.312 e. The molecular weight excluding hydrogens is 277 g/mol. The van der Waals surface area contributed by atoms with E-state index >= 15 is 0 Å². The Morgan fingerprint density at radius 3 is 2.61 bits per heavy atom. The van der Waals surface area contributed by atoms with Gasteiger partial charge in [-0.3, -0.25) is 0 Å². The lowest BCUT2D eigenvalue weighted by molar-refractivity contribution is 0.582. The summed E-state index contributed by atoms with van der Waals surface area (Å²) in [6, 6.07) is 4.44. The van der Waals surface area contributed by atoms with Gasteiger partial charge in [0.2, 0.25) is 0 Å². The maximum Gasteiger partial charge on any atom is 0.153 e. The average Bonchev–Trinajstić information content (AvgIpc) is 2.29. The van der Waals surface area contributed by atoms with Crippen LogP contribution in [-0.2, 0) is 16.4 Å². The SMILES string of the molecule is CC(C)S(=O)(=O)CCNCc1ccc(F)c(Cl)c1. The molecular formula is C12H17ClFNO2S. The van der Waals surface area contributed by atoms with E-state index in [0.717, 1.165) is 5.56 Å². The molecule has 0 aromatic heterocycles. The van der Waals surface area contributed by atoms with Crippen molar-refractivity contribution >= 4 is 21.4 Å². The van der Waals surface area contributed by atoms with Crippen LogP contribution in [0.1, 0.15) is 19.4 Å². The molecule has 0 aliphatic heterocycles. The van der Waals surface area contributed by atoms with Crippen LogP contribution in [0.3, 0.4) is 0 Å². The standard InChI is InChI=1S/C12H17ClFNO2S/c1-9(2)18(16,17)6-5-15-8-10-3-4-12(14)11(13)7-10/h3-4,7,9,15H,5-6,8H2,1-2H3. The summed E-state index contributed by atoms with van der Waals surface area (Å²) in [6.45, 7) is 4.16. The molecule has 0 saturated carbocycles. The quantitative estimate of drug-likeness (QED) is 0.819. The maximum atomic E-state index is 12.9. The van der Waals surface area contributed by atoms with Crippen LogP contribution < -0.4 is 5.32 Å². The fraction of sp³-hybridized carbons (Fsp3) is 0.500. The lowest BCUT2D eigenvalue weighted by atomic mass is 10.2. The molecule has 0 amide bonds. The first-order valence-corrected chi connectivity index (χ1v) is 7.78. The maximum absolute atomic E-state index is 12.9. The lowest BCUT2D eigenvalue weighted by Crippen LogP contribution is -2.27. The predicted octanol–water partition coefficient (Wildman–Crippen LogP) is 2.39. The molecule has 0 heterocycles. The van der Waals surface area contributed by atoms with Gasteiger partial charge in [0.25, 0.3) is 0 Å². The number of halogens is 2. The van der Waals surface area contributed by atoms with E-state index in [9.17, 15) is 12.8 Å². The van der Waals surface area contributed by atoms with Crippen molar-refractivity contribution in [3.8, 4) is 0 Å². The van der Waals surface area contributed by atoms with Gasteiger partial charge in [0, 0.05) is 13.1 Å². The highest BCUT2D eigenvalue weighted by Crippen LogP contribution is 2.15. The van der Waals surface area contributed by atoms with E-state index in [0.29, 0.717) is 13.1 Å². The summed E-state index contributed by atoms with van der Waals surface area (Å²) in [4.78, 5) is 0. The summed E-state index contributed by atoms with van der Waals surface area (Å²) in [7, 11) is -3.02. The van der Waals surface area contributed by atoms with E-state index in [1.54, 1.807) is 19.9 Å². The van der Waals surface area contributed by atoms with Gasteiger partial charge < -0.3 is 5.32 Å². The van der Waals surface area contributed by atoms with Gasteiger partial charge in [0.05, 0.1) is 16.0 Å². The topological polar surface area (TPSA) is 46.2 Å². The fourth-order valence-corrected chi connectivity index (χ4v) is 2.44. The zero-order chi connectivity index (χ0) is 13.8. The molecule has 0 atom stereocenters. The zero-order valence-electron chi connectivity index (χ0n) is 10.4. The summed E-state index contributed by atoms with van der Waals surface area (Å²) >= 11 is 5.64. The Bertz CT molecular complexity index is 503. The van der Waals surface area contributed by atoms with Crippen LogP contribution in [0.25, 0.3) is 0 Å². The van der Waals surface area contributed by atoms with E-state index in [2.05, 4.69) is 5.32 Å². The smallest absolute Gasteiger partial charge is 0.153 e. The molecule has 0 fully saturated rings. The van der Waals surface area contributed by atoms with Crippen molar-refractivity contribution in [3.63, 3.8) is 0 Å². The molecule has 1 N–H and O–H groups in total. The van der Waals surface area contributed by atoms with Crippen LogP contribution in [0.2, 0.25) is 5.02 Å². The summed E-state index contributed by atoms with van der Waals surface area (Å²) < 4.78 is 36.0. The molecule has 0 bridgehead atoms. The van der Waals surface area contributed by atoms with Crippen molar-refractivity contribution in [1.29, 1.82) is 0 Å². The Balaban J connectivity index is 2.41. The fourth-order valence-electron chi connectivity index (χ4n) is 1.33. The molecule has 102 valence electrons. The molecule has 0 spiro atoms. The molecule has 3 nitrogen and oxygen atoms in total. The van der Waals surface area contributed by atoms with Crippen LogP contribution in [-0.4, -0.2) is 26.0 Å². The Morgan fingerprint density at radius 1 is 1.39 bits per heavy atom. The Morgan fingerprint density at radius 2 is 2.06 bits per heavy atom. The van der Waals surface area contributed by atoms with E-state index < -0.39 is 15.7 Å². The number of nitrogens with one attached hydrogen (secondary N) is 1. The second kappa shape index (κ2) is 6.50. The van der Waals surface area contributed by atoms with Gasteiger partial charge in [-0.05, 0) is 31.5 Å². The van der Waals surface area contributed by atoms with Crippen LogP contribution in [0.5, 0.6) is 0 Å². The normalized spacial score (nSPS) is 12.1. The van der Waals surface area contributed by atoms with Crippen molar-refractivity contribution in [2.75, 3.05) is 12.3 Å². The Labute approximate surface area is 112 Å². The van der Waals surface area contributed by atoms with E-state index in [1.165, 1.54) is 12.1 Å². The van der Waals surface area contributed by atoms with Gasteiger partial charge in [0.15, 0.2) is 9.84 Å². The highest BCUT2D eigenvalue weighted by Gasteiger charge is 2.14. The number of hydrogen-bond acceptors (Lipinski definition) is 3. The molecule has 0 aliphatic carbocycles. The van der Waals surface area contributed by atoms with E-state index in [4.69, 9.17) is 11.6 Å². The molecule has 0 aliphatic rings. The molecule has 0 radical (unpaired) electrons. The number of benzene rings is 1. The molecule has 1 rings (SSSR count). The van der Waals surface area contributed by atoms with Crippen LogP contribution in [0.4, 0.5) is 4.39 Å². The first kappa shape index (κ1) is 15.4. The summed E-state index contributed by atoms with van der Waals surface area (Å²) in [5.74, 6) is -0.359. The molecule has 18 heavy (non-hydrogen) atoms. The predicted molar refractivity (Wildman–Crippen MR) is 72.0 cm³/mol. The molecule has 1 aromatic rings. The number of hydrogen-bond donors (Lipinski definition) is 1. The lowest BCUT2D eigenvalue weighted by Gasteiger charge is -2.09. The average molecular weight is 294 g/mol. The summed E-state index contributed by atoms with van der Waals surface area (Å²) in [5, 5.41) is 2.71. The van der Waals surface area contributed by atoms with Gasteiger partial charge in [-0.1, -0.05) is 17.7 Å². The Hall–Kier alpha value is -0.650. The van der Waals surface area contributed by atoms with E-state index in [1.807, 2.05) is 0 Å². The first-order valence-electron chi connectivity index (χ1n) is 5.69. The second-order valence-electron chi connectivity index (χ2n) is 4.34. The highest BCUT2D eigenvalue weighted by atomic mass is 35.5. The van der Waals surface area contributed by atoms with Crippen LogP contribution >= 0.6 is 11.6 Å². The van der Waals surface area contributed by atoms with Crippen molar-refractivity contribution in [2.45, 2.75) is 25.6 Å². The zero-order valence-corrected chi connectivity index (χ0v) is 12.0. The Kier molecular flexibility index (Phi) is 5.56. The van der Waals surface area contributed by atoms with Gasteiger partial charge in [-0.25, -0.2) is 12.8 Å². The minimum absolute atomic E-state index is 0.0732. The van der Waals surface area contributed by atoms with Crippen molar-refractivity contribution < 1.29 is 12.8 Å². The van der Waals surface area contributed by atoms with Gasteiger partial charge in [0.1, 0.15) is 5.82 Å². The third-order valence-corrected chi connectivity index (χ3v) is 5.09. The third kappa shape index (κ3) is 4.55.